The van der Waals surface area contributed by atoms with Crippen LogP contribution in [0.2, 0.25) is 0 Å². The van der Waals surface area contributed by atoms with Gasteiger partial charge in [-0.05, 0) is 25.5 Å². The number of carbonyl (C=O) groups is 2. The van der Waals surface area contributed by atoms with Gasteiger partial charge in [-0.1, -0.05) is 0 Å². The van der Waals surface area contributed by atoms with E-state index in [4.69, 9.17) is 4.74 Å². The molecule has 2 aromatic heterocycles. The van der Waals surface area contributed by atoms with Gasteiger partial charge in [-0.15, -0.1) is 11.3 Å². The molecule has 104 valence electrons. The quantitative estimate of drug-likeness (QED) is 0.639. The number of aryl methyl sites for hydroxylation is 1. The molecular formula is C14H14N2O3S. The number of thiazole rings is 1. The van der Waals surface area contributed by atoms with Gasteiger partial charge in [0.2, 0.25) is 0 Å². The minimum atomic E-state index is -0.563. The molecule has 0 aliphatic rings. The van der Waals surface area contributed by atoms with E-state index in [-0.39, 0.29) is 18.1 Å². The number of ether oxygens (including phenoxy) is 1. The maximum Gasteiger partial charge on any atom is 0.358 e. The Hall–Kier alpha value is -2.08. The van der Waals surface area contributed by atoms with Crippen molar-refractivity contribution < 1.29 is 14.3 Å². The second-order valence-corrected chi connectivity index (χ2v) is 5.16. The molecule has 20 heavy (non-hydrogen) atoms. The normalized spacial score (nSPS) is 10.3. The molecule has 0 radical (unpaired) electrons. The molecule has 0 aliphatic carbocycles. The number of hydrogen-bond acceptors (Lipinski definition) is 6. The predicted molar refractivity (Wildman–Crippen MR) is 76.0 cm³/mol. The third-order valence-corrected chi connectivity index (χ3v) is 3.86. The molecule has 2 rings (SSSR count). The molecule has 0 N–H and O–H groups in total. The van der Waals surface area contributed by atoms with Gasteiger partial charge in [0.1, 0.15) is 9.88 Å². The van der Waals surface area contributed by atoms with Crippen LogP contribution in [0, 0.1) is 6.92 Å². The zero-order valence-corrected chi connectivity index (χ0v) is 12.3. The second kappa shape index (κ2) is 5.92. The van der Waals surface area contributed by atoms with Crippen LogP contribution in [0.3, 0.4) is 0 Å². The molecule has 0 amide bonds. The van der Waals surface area contributed by atoms with E-state index in [2.05, 4.69) is 9.97 Å². The molecule has 6 heteroatoms. The average Bonchev–Trinajstić information content (AvgIpc) is 2.84. The SMILES string of the molecule is CCOC(=O)c1nc(-c2ccncc2C)sc1C(C)=O. The van der Waals surface area contributed by atoms with E-state index >= 15 is 0 Å². The largest absolute Gasteiger partial charge is 0.461 e. The number of ketones is 1. The summed E-state index contributed by atoms with van der Waals surface area (Å²) in [6.07, 6.45) is 3.37. The van der Waals surface area contributed by atoms with Crippen LogP contribution in [0.25, 0.3) is 10.6 Å². The van der Waals surface area contributed by atoms with Crippen molar-refractivity contribution in [1.29, 1.82) is 0 Å². The molecule has 0 bridgehead atoms. The number of pyridine rings is 1. The van der Waals surface area contributed by atoms with Gasteiger partial charge in [-0.25, -0.2) is 9.78 Å². The number of nitrogens with zero attached hydrogens (tertiary/aromatic N) is 2. The van der Waals surface area contributed by atoms with E-state index in [0.29, 0.717) is 9.88 Å². The first-order valence-corrected chi connectivity index (χ1v) is 6.96. The Morgan fingerprint density at radius 3 is 2.75 bits per heavy atom. The topological polar surface area (TPSA) is 69.2 Å². The van der Waals surface area contributed by atoms with Crippen molar-refractivity contribution in [2.24, 2.45) is 0 Å². The average molecular weight is 290 g/mol. The smallest absolute Gasteiger partial charge is 0.358 e. The lowest BCUT2D eigenvalue weighted by Gasteiger charge is -2.00. The van der Waals surface area contributed by atoms with Gasteiger partial charge in [0.05, 0.1) is 6.61 Å². The first-order chi connectivity index (χ1) is 9.54. The van der Waals surface area contributed by atoms with E-state index in [1.165, 1.54) is 18.3 Å². The van der Waals surface area contributed by atoms with Crippen molar-refractivity contribution in [2.75, 3.05) is 6.61 Å². The first kappa shape index (κ1) is 14.3. The summed E-state index contributed by atoms with van der Waals surface area (Å²) in [5.74, 6) is -0.754. The molecule has 5 nitrogen and oxygen atoms in total. The van der Waals surface area contributed by atoms with E-state index < -0.39 is 5.97 Å². The van der Waals surface area contributed by atoms with Crippen LogP contribution in [0.5, 0.6) is 0 Å². The fourth-order valence-electron chi connectivity index (χ4n) is 1.73. The van der Waals surface area contributed by atoms with Crippen LogP contribution in [0.4, 0.5) is 0 Å². The summed E-state index contributed by atoms with van der Waals surface area (Å²) in [5.41, 5.74) is 1.89. The van der Waals surface area contributed by atoms with E-state index in [0.717, 1.165) is 11.1 Å². The molecule has 0 spiro atoms. The lowest BCUT2D eigenvalue weighted by Crippen LogP contribution is -2.09. The molecule has 0 aromatic carbocycles. The van der Waals surface area contributed by atoms with E-state index in [1.807, 2.05) is 13.0 Å². The van der Waals surface area contributed by atoms with Crippen molar-refractivity contribution >= 4 is 23.1 Å². The molecule has 0 saturated carbocycles. The number of aromatic nitrogens is 2. The Kier molecular flexibility index (Phi) is 4.24. The summed E-state index contributed by atoms with van der Waals surface area (Å²) in [6, 6.07) is 1.81. The number of rotatable bonds is 4. The monoisotopic (exact) mass is 290 g/mol. The summed E-state index contributed by atoms with van der Waals surface area (Å²) >= 11 is 1.20. The van der Waals surface area contributed by atoms with Crippen LogP contribution in [-0.4, -0.2) is 28.3 Å². The Labute approximate surface area is 120 Å². The third-order valence-electron chi connectivity index (χ3n) is 2.67. The van der Waals surface area contributed by atoms with Gasteiger partial charge in [0.15, 0.2) is 11.5 Å². The highest BCUT2D eigenvalue weighted by atomic mass is 32.1. The lowest BCUT2D eigenvalue weighted by molar-refractivity contribution is 0.0517. The Bertz CT molecular complexity index is 664. The molecule has 0 unspecified atom stereocenters. The van der Waals surface area contributed by atoms with Crippen LogP contribution in [0.1, 0.15) is 39.6 Å². The van der Waals surface area contributed by atoms with E-state index in [9.17, 15) is 9.59 Å². The van der Waals surface area contributed by atoms with Crippen molar-refractivity contribution in [3.63, 3.8) is 0 Å². The van der Waals surface area contributed by atoms with Crippen molar-refractivity contribution in [3.05, 3.63) is 34.6 Å². The minimum Gasteiger partial charge on any atom is -0.461 e. The maximum atomic E-state index is 11.9. The lowest BCUT2D eigenvalue weighted by atomic mass is 10.2. The van der Waals surface area contributed by atoms with Gasteiger partial charge in [0, 0.05) is 24.9 Å². The van der Waals surface area contributed by atoms with Crippen LogP contribution in [-0.2, 0) is 4.74 Å². The Morgan fingerprint density at radius 1 is 1.40 bits per heavy atom. The van der Waals surface area contributed by atoms with E-state index in [1.54, 1.807) is 19.3 Å². The summed E-state index contributed by atoms with van der Waals surface area (Å²) < 4.78 is 4.94. The van der Waals surface area contributed by atoms with Crippen molar-refractivity contribution in [2.45, 2.75) is 20.8 Å². The summed E-state index contributed by atoms with van der Waals surface area (Å²) in [5, 5.41) is 0.623. The fourth-order valence-corrected chi connectivity index (χ4v) is 2.76. The zero-order chi connectivity index (χ0) is 14.7. The first-order valence-electron chi connectivity index (χ1n) is 6.14. The summed E-state index contributed by atoms with van der Waals surface area (Å²) in [7, 11) is 0. The molecule has 2 heterocycles. The van der Waals surface area contributed by atoms with Gasteiger partial charge in [-0.2, -0.15) is 0 Å². The third kappa shape index (κ3) is 2.75. The van der Waals surface area contributed by atoms with Crippen LogP contribution in [0.15, 0.2) is 18.5 Å². The van der Waals surface area contributed by atoms with Crippen LogP contribution < -0.4 is 0 Å². The molecule has 0 atom stereocenters. The second-order valence-electron chi connectivity index (χ2n) is 4.16. The van der Waals surface area contributed by atoms with Crippen molar-refractivity contribution in [3.8, 4) is 10.6 Å². The van der Waals surface area contributed by atoms with Gasteiger partial charge >= 0.3 is 5.97 Å². The molecule has 0 saturated heterocycles. The number of hydrogen-bond donors (Lipinski definition) is 0. The standard InChI is InChI=1S/C14H14N2O3S/c1-4-19-14(18)11-12(9(3)17)20-13(16-11)10-5-6-15-7-8(10)2/h5-7H,4H2,1-3H3. The minimum absolute atomic E-state index is 0.0931. The van der Waals surface area contributed by atoms with Gasteiger partial charge in [0.25, 0.3) is 0 Å². The number of carbonyl (C=O) groups excluding carboxylic acids is 2. The van der Waals surface area contributed by atoms with Crippen molar-refractivity contribution in [1.82, 2.24) is 9.97 Å². The highest BCUT2D eigenvalue weighted by molar-refractivity contribution is 7.17. The van der Waals surface area contributed by atoms with Crippen LogP contribution >= 0.6 is 11.3 Å². The summed E-state index contributed by atoms with van der Waals surface area (Å²) in [6.45, 7) is 5.28. The Morgan fingerprint density at radius 2 is 2.15 bits per heavy atom. The zero-order valence-electron chi connectivity index (χ0n) is 11.5. The maximum absolute atomic E-state index is 11.9. The van der Waals surface area contributed by atoms with Gasteiger partial charge in [-0.3, -0.25) is 9.78 Å². The number of Topliss-reactive ketones (excluding diaryl/α,β-unsaturated/α-hetero) is 1. The predicted octanol–water partition coefficient (Wildman–Crippen LogP) is 2.89. The molecular weight excluding hydrogens is 276 g/mol. The molecule has 0 fully saturated rings. The van der Waals surface area contributed by atoms with Gasteiger partial charge < -0.3 is 4.74 Å². The summed E-state index contributed by atoms with van der Waals surface area (Å²) in [4.78, 5) is 32.1. The molecule has 0 aliphatic heterocycles. The highest BCUT2D eigenvalue weighted by Gasteiger charge is 2.23. The Balaban J connectivity index is 2.53. The number of esters is 1. The fraction of sp³-hybridized carbons (Fsp3) is 0.286. The highest BCUT2D eigenvalue weighted by Crippen LogP contribution is 2.30. The molecule has 2 aromatic rings.